The van der Waals surface area contributed by atoms with Crippen LogP contribution in [0.3, 0.4) is 0 Å². The van der Waals surface area contributed by atoms with Gasteiger partial charge >= 0.3 is 0 Å². The first-order valence-corrected chi connectivity index (χ1v) is 13.6. The number of ketones is 1. The van der Waals surface area contributed by atoms with Crippen LogP contribution < -0.4 is 5.32 Å². The number of thiazole rings is 1. The molecule has 2 N–H and O–H groups in total. The molecule has 2 fully saturated rings. The third-order valence-corrected chi connectivity index (χ3v) is 10.0. The Labute approximate surface area is 211 Å². The highest BCUT2D eigenvalue weighted by Gasteiger charge is 2.62. The number of rotatable bonds is 5. The SMILES string of the molecule is Cc1cnc(NC(=O)CCC2C(C=O)C(=O)C3(C)CCC4c5cc(Br)c(O)cc5CCC4C23)s1. The molecule has 0 aliphatic heterocycles. The second-order valence-corrected chi connectivity index (χ2v) is 12.4. The van der Waals surface area contributed by atoms with Crippen molar-refractivity contribution in [2.24, 2.45) is 29.1 Å². The quantitative estimate of drug-likeness (QED) is 0.387. The summed E-state index contributed by atoms with van der Waals surface area (Å²) in [5.41, 5.74) is 1.91. The number of aromatic hydroxyl groups is 1. The molecular formula is C26H29BrN2O4S. The Kier molecular flexibility index (Phi) is 6.17. The largest absolute Gasteiger partial charge is 0.507 e. The number of hydrogen-bond acceptors (Lipinski definition) is 6. The molecule has 0 bridgehead atoms. The van der Waals surface area contributed by atoms with Crippen molar-refractivity contribution in [2.75, 3.05) is 5.32 Å². The molecule has 1 heterocycles. The fraction of sp³-hybridized carbons (Fsp3) is 0.538. The van der Waals surface area contributed by atoms with Crippen LogP contribution in [0.4, 0.5) is 5.13 Å². The number of aromatic nitrogens is 1. The van der Waals surface area contributed by atoms with Gasteiger partial charge in [-0.05, 0) is 102 Å². The van der Waals surface area contributed by atoms with E-state index in [1.807, 2.05) is 26.0 Å². The number of phenolic OH excluding ortho intramolecular Hbond substituents is 1. The number of fused-ring (bicyclic) bond motifs is 5. The first-order valence-electron chi connectivity index (χ1n) is 12.0. The number of amides is 1. The van der Waals surface area contributed by atoms with E-state index in [0.29, 0.717) is 21.9 Å². The van der Waals surface area contributed by atoms with Crippen LogP contribution in [0, 0.1) is 36.0 Å². The Balaban J connectivity index is 1.41. The van der Waals surface area contributed by atoms with Crippen molar-refractivity contribution in [3.8, 4) is 5.75 Å². The maximum absolute atomic E-state index is 13.5. The summed E-state index contributed by atoms with van der Waals surface area (Å²) >= 11 is 4.90. The summed E-state index contributed by atoms with van der Waals surface area (Å²) in [6.07, 6.45) is 6.77. The highest BCUT2D eigenvalue weighted by Crippen LogP contribution is 2.63. The van der Waals surface area contributed by atoms with Gasteiger partial charge in [-0.2, -0.15) is 0 Å². The summed E-state index contributed by atoms with van der Waals surface area (Å²) in [4.78, 5) is 43.5. The van der Waals surface area contributed by atoms with Crippen molar-refractivity contribution >= 4 is 50.4 Å². The highest BCUT2D eigenvalue weighted by atomic mass is 79.9. The van der Waals surface area contributed by atoms with E-state index in [4.69, 9.17) is 0 Å². The van der Waals surface area contributed by atoms with Crippen LogP contribution in [0.5, 0.6) is 5.75 Å². The zero-order chi connectivity index (χ0) is 24.2. The van der Waals surface area contributed by atoms with Gasteiger partial charge in [0.25, 0.3) is 0 Å². The van der Waals surface area contributed by atoms with Gasteiger partial charge in [-0.15, -0.1) is 11.3 Å². The maximum Gasteiger partial charge on any atom is 0.226 e. The molecule has 2 aromatic rings. The number of halogens is 1. The maximum atomic E-state index is 13.5. The summed E-state index contributed by atoms with van der Waals surface area (Å²) in [7, 11) is 0. The average molecular weight is 545 g/mol. The Morgan fingerprint density at radius 2 is 2.18 bits per heavy atom. The van der Waals surface area contributed by atoms with Crippen molar-refractivity contribution in [2.45, 2.75) is 58.3 Å². The average Bonchev–Trinajstić information content (AvgIpc) is 3.30. The standard InChI is InChI=1S/C26H29BrN2O4S/c1-13-11-28-25(34-13)29-22(32)6-5-17-19(12-30)24(33)26(2)8-7-15-16(23(17)26)4-3-14-9-21(31)20(27)10-18(14)15/h9-12,15-17,19,23,31H,3-8H2,1-2H3,(H,28,29,32). The van der Waals surface area contributed by atoms with Gasteiger partial charge in [0.1, 0.15) is 17.8 Å². The molecule has 0 spiro atoms. The van der Waals surface area contributed by atoms with E-state index in [1.54, 1.807) is 6.20 Å². The van der Waals surface area contributed by atoms with Crippen LogP contribution >= 0.6 is 27.3 Å². The van der Waals surface area contributed by atoms with E-state index >= 15 is 0 Å². The normalized spacial score (nSPS) is 32.0. The van der Waals surface area contributed by atoms with E-state index < -0.39 is 11.3 Å². The molecule has 2 saturated carbocycles. The molecular weight excluding hydrogens is 516 g/mol. The minimum atomic E-state index is -0.642. The number of carbonyl (C=O) groups excluding carboxylic acids is 3. The summed E-state index contributed by atoms with van der Waals surface area (Å²) in [5, 5.41) is 13.6. The number of aldehydes is 1. The molecule has 6 atom stereocenters. The molecule has 34 heavy (non-hydrogen) atoms. The number of nitrogens with one attached hydrogen (secondary N) is 1. The molecule has 1 amide bonds. The minimum absolute atomic E-state index is 0.0598. The zero-order valence-electron chi connectivity index (χ0n) is 19.3. The van der Waals surface area contributed by atoms with E-state index in [1.165, 1.54) is 22.5 Å². The van der Waals surface area contributed by atoms with Crippen LogP contribution in [0.1, 0.15) is 60.9 Å². The predicted molar refractivity (Wildman–Crippen MR) is 134 cm³/mol. The van der Waals surface area contributed by atoms with E-state index in [9.17, 15) is 19.5 Å². The first kappa shape index (κ1) is 23.7. The van der Waals surface area contributed by atoms with Gasteiger partial charge in [0, 0.05) is 22.9 Å². The van der Waals surface area contributed by atoms with Crippen LogP contribution in [0.25, 0.3) is 0 Å². The van der Waals surface area contributed by atoms with Gasteiger partial charge in [-0.1, -0.05) is 6.92 Å². The zero-order valence-corrected chi connectivity index (χ0v) is 21.7. The van der Waals surface area contributed by atoms with Crippen molar-refractivity contribution in [1.29, 1.82) is 0 Å². The topological polar surface area (TPSA) is 96.4 Å². The summed E-state index contributed by atoms with van der Waals surface area (Å²) in [6.45, 7) is 3.99. The smallest absolute Gasteiger partial charge is 0.226 e. The van der Waals surface area contributed by atoms with Gasteiger partial charge < -0.3 is 15.2 Å². The summed E-state index contributed by atoms with van der Waals surface area (Å²) in [5.74, 6) is 0.0762. The van der Waals surface area contributed by atoms with Crippen molar-refractivity contribution in [3.05, 3.63) is 38.8 Å². The van der Waals surface area contributed by atoms with E-state index in [-0.39, 0.29) is 41.6 Å². The number of carbonyl (C=O) groups is 3. The molecule has 6 unspecified atom stereocenters. The molecule has 0 saturated heterocycles. The van der Waals surface area contributed by atoms with Crippen molar-refractivity contribution in [3.63, 3.8) is 0 Å². The molecule has 3 aliphatic carbocycles. The number of phenols is 1. The van der Waals surface area contributed by atoms with Crippen molar-refractivity contribution in [1.82, 2.24) is 4.98 Å². The second-order valence-electron chi connectivity index (χ2n) is 10.3. The summed E-state index contributed by atoms with van der Waals surface area (Å²) < 4.78 is 0.694. The first-order chi connectivity index (χ1) is 16.2. The Hall–Kier alpha value is -2.06. The van der Waals surface area contributed by atoms with Crippen LogP contribution in [0.2, 0.25) is 0 Å². The Morgan fingerprint density at radius 3 is 2.88 bits per heavy atom. The monoisotopic (exact) mass is 544 g/mol. The van der Waals surface area contributed by atoms with E-state index in [0.717, 1.165) is 36.8 Å². The van der Waals surface area contributed by atoms with Gasteiger partial charge in [-0.25, -0.2) is 4.98 Å². The summed E-state index contributed by atoms with van der Waals surface area (Å²) in [6, 6.07) is 3.90. The molecule has 3 aliphatic rings. The molecule has 1 aromatic carbocycles. The second kappa shape index (κ2) is 8.86. The third-order valence-electron chi connectivity index (χ3n) is 8.55. The van der Waals surface area contributed by atoms with Crippen molar-refractivity contribution < 1.29 is 19.5 Å². The lowest BCUT2D eigenvalue weighted by Crippen LogP contribution is -2.44. The van der Waals surface area contributed by atoms with Crippen LogP contribution in [0.15, 0.2) is 22.8 Å². The number of aryl methyl sites for hydroxylation is 2. The molecule has 8 heteroatoms. The number of benzene rings is 1. The van der Waals surface area contributed by atoms with E-state index in [2.05, 4.69) is 26.2 Å². The third kappa shape index (κ3) is 3.83. The Morgan fingerprint density at radius 1 is 1.38 bits per heavy atom. The number of nitrogens with zero attached hydrogens (tertiary/aromatic N) is 1. The van der Waals surface area contributed by atoms with Gasteiger partial charge in [0.05, 0.1) is 10.4 Å². The van der Waals surface area contributed by atoms with Gasteiger partial charge in [0.2, 0.25) is 5.91 Å². The Bertz CT molecular complexity index is 1160. The molecule has 6 nitrogen and oxygen atoms in total. The lowest BCUT2D eigenvalue weighted by Gasteiger charge is -2.50. The number of hydrogen-bond donors (Lipinski definition) is 2. The molecule has 0 radical (unpaired) electrons. The number of Topliss-reactive ketones (excluding diaryl/α,β-unsaturated/α-hetero) is 1. The fourth-order valence-corrected chi connectivity index (χ4v) is 8.16. The molecule has 5 rings (SSSR count). The molecule has 180 valence electrons. The van der Waals surface area contributed by atoms with Gasteiger partial charge in [-0.3, -0.25) is 9.59 Å². The lowest BCUT2D eigenvalue weighted by atomic mass is 9.54. The van der Waals surface area contributed by atoms with Crippen LogP contribution in [-0.2, 0) is 20.8 Å². The minimum Gasteiger partial charge on any atom is -0.507 e. The number of anilines is 1. The molecule has 1 aromatic heterocycles. The predicted octanol–water partition coefficient (Wildman–Crippen LogP) is 5.41. The lowest BCUT2D eigenvalue weighted by molar-refractivity contribution is -0.133. The van der Waals surface area contributed by atoms with Gasteiger partial charge in [0.15, 0.2) is 5.13 Å². The highest BCUT2D eigenvalue weighted by molar-refractivity contribution is 9.10. The van der Waals surface area contributed by atoms with Crippen LogP contribution in [-0.4, -0.2) is 28.1 Å². The fourth-order valence-electron chi connectivity index (χ4n) is 7.12.